The van der Waals surface area contributed by atoms with Crippen molar-refractivity contribution in [2.24, 2.45) is 0 Å². The minimum atomic E-state index is -2.91. The lowest BCUT2D eigenvalue weighted by Crippen LogP contribution is -2.02. The number of hydrogen-bond acceptors (Lipinski definition) is 1. The van der Waals surface area contributed by atoms with Crippen LogP contribution in [0.15, 0.2) is 29.2 Å². The molecule has 0 fully saturated rings. The van der Waals surface area contributed by atoms with E-state index in [2.05, 4.69) is 0 Å². The molecule has 0 bridgehead atoms. The van der Waals surface area contributed by atoms with Gasteiger partial charge in [-0.1, -0.05) is 31.0 Å². The van der Waals surface area contributed by atoms with Gasteiger partial charge in [0.1, 0.15) is 9.80 Å². The summed E-state index contributed by atoms with van der Waals surface area (Å²) in [6.45, 7) is 3.94. The Morgan fingerprint density at radius 1 is 1.36 bits per heavy atom. The zero-order valence-electron chi connectivity index (χ0n) is 8.56. The lowest BCUT2D eigenvalue weighted by atomic mass is 10.2. The third-order valence-corrected chi connectivity index (χ3v) is 3.63. The molecule has 1 unspecified atom stereocenters. The van der Waals surface area contributed by atoms with Gasteiger partial charge in [-0.05, 0) is 30.8 Å². The van der Waals surface area contributed by atoms with Crippen LogP contribution >= 0.6 is 0 Å². The van der Waals surface area contributed by atoms with Crippen LogP contribution in [0.3, 0.4) is 0 Å². The standard InChI is InChI=1S/C11H16O2S/c1-3-4-9-14(12,13)11-7-5-10(2)6-8-11/h5-9H,3-4H2,1-2H3,(H,12,13). The topological polar surface area (TPSA) is 37.3 Å². The molecular formula is C11H16O2S. The summed E-state index contributed by atoms with van der Waals surface area (Å²) < 4.78 is 21.4. The molecule has 78 valence electrons. The van der Waals surface area contributed by atoms with Gasteiger partial charge in [-0.25, -0.2) is 4.21 Å². The Balaban J connectivity index is 3.04. The van der Waals surface area contributed by atoms with Gasteiger partial charge in [-0.3, -0.25) is 0 Å². The Kier molecular flexibility index (Phi) is 3.72. The summed E-state index contributed by atoms with van der Waals surface area (Å²) in [6.07, 6.45) is 1.56. The first-order valence-electron chi connectivity index (χ1n) is 4.73. The SMILES string of the molecule is CCCC=S(=O)(O)c1ccc(C)cc1. The molecule has 0 aliphatic heterocycles. The van der Waals surface area contributed by atoms with Crippen molar-refractivity contribution >= 4 is 15.2 Å². The van der Waals surface area contributed by atoms with Crippen molar-refractivity contribution in [2.45, 2.75) is 31.6 Å². The first kappa shape index (κ1) is 11.3. The fraction of sp³-hybridized carbons (Fsp3) is 0.364. The molecule has 1 rings (SSSR count). The van der Waals surface area contributed by atoms with E-state index in [4.69, 9.17) is 0 Å². The van der Waals surface area contributed by atoms with Crippen LogP contribution in [0.4, 0.5) is 0 Å². The molecule has 0 saturated carbocycles. The fourth-order valence-corrected chi connectivity index (χ4v) is 2.38. The van der Waals surface area contributed by atoms with E-state index in [0.717, 1.165) is 12.0 Å². The van der Waals surface area contributed by atoms with E-state index in [1.54, 1.807) is 12.1 Å². The van der Waals surface area contributed by atoms with E-state index in [0.29, 0.717) is 11.3 Å². The summed E-state index contributed by atoms with van der Waals surface area (Å²) in [5, 5.41) is 1.50. The Bertz CT molecular complexity index is 398. The molecule has 3 heteroatoms. The average molecular weight is 212 g/mol. The maximum atomic E-state index is 11.8. The van der Waals surface area contributed by atoms with Crippen molar-refractivity contribution in [1.29, 1.82) is 0 Å². The molecule has 0 aliphatic carbocycles. The molecular weight excluding hydrogens is 196 g/mol. The normalized spacial score (nSPS) is 14.8. The first-order chi connectivity index (χ1) is 6.56. The highest BCUT2D eigenvalue weighted by atomic mass is 32.2. The van der Waals surface area contributed by atoms with Crippen molar-refractivity contribution in [1.82, 2.24) is 0 Å². The van der Waals surface area contributed by atoms with Gasteiger partial charge in [0.15, 0.2) is 0 Å². The monoisotopic (exact) mass is 212 g/mol. The van der Waals surface area contributed by atoms with Crippen LogP contribution in [-0.4, -0.2) is 14.1 Å². The van der Waals surface area contributed by atoms with Crippen molar-refractivity contribution < 1.29 is 8.76 Å². The highest BCUT2D eigenvalue weighted by molar-refractivity contribution is 7.96. The molecule has 0 aliphatic rings. The number of unbranched alkanes of at least 4 members (excludes halogenated alkanes) is 1. The first-order valence-corrected chi connectivity index (χ1v) is 6.30. The van der Waals surface area contributed by atoms with Crippen LogP contribution in [0.25, 0.3) is 0 Å². The average Bonchev–Trinajstić information content (AvgIpc) is 2.16. The second-order valence-electron chi connectivity index (χ2n) is 3.34. The maximum absolute atomic E-state index is 11.8. The molecule has 0 spiro atoms. The predicted molar refractivity (Wildman–Crippen MR) is 61.2 cm³/mol. The van der Waals surface area contributed by atoms with Crippen molar-refractivity contribution in [2.75, 3.05) is 0 Å². The highest BCUT2D eigenvalue weighted by Gasteiger charge is 2.04. The number of rotatable bonds is 3. The van der Waals surface area contributed by atoms with Crippen LogP contribution in [0.1, 0.15) is 25.3 Å². The van der Waals surface area contributed by atoms with E-state index >= 15 is 0 Å². The molecule has 0 radical (unpaired) electrons. The quantitative estimate of drug-likeness (QED) is 0.782. The second kappa shape index (κ2) is 4.62. The molecule has 1 aromatic carbocycles. The zero-order chi connectivity index (χ0) is 10.6. The van der Waals surface area contributed by atoms with E-state index in [-0.39, 0.29) is 0 Å². The third kappa shape index (κ3) is 2.86. The van der Waals surface area contributed by atoms with E-state index in [1.807, 2.05) is 26.0 Å². The Hall–Kier alpha value is -0.800. The van der Waals surface area contributed by atoms with Crippen LogP contribution in [0.5, 0.6) is 0 Å². The second-order valence-corrected chi connectivity index (χ2v) is 5.28. The largest absolute Gasteiger partial charge is 0.310 e. The third-order valence-electron chi connectivity index (χ3n) is 1.99. The Labute approximate surface area is 85.8 Å². The highest BCUT2D eigenvalue weighted by Crippen LogP contribution is 2.10. The van der Waals surface area contributed by atoms with Gasteiger partial charge in [-0.2, -0.15) is 0 Å². The molecule has 1 N–H and O–H groups in total. The lowest BCUT2D eigenvalue weighted by molar-refractivity contribution is 0.559. The van der Waals surface area contributed by atoms with Gasteiger partial charge in [0.05, 0.1) is 4.90 Å². The minimum absolute atomic E-state index is 0.497. The van der Waals surface area contributed by atoms with Crippen molar-refractivity contribution in [3.63, 3.8) is 0 Å². The Morgan fingerprint density at radius 3 is 2.43 bits per heavy atom. The molecule has 14 heavy (non-hydrogen) atoms. The fourth-order valence-electron chi connectivity index (χ4n) is 1.11. The summed E-state index contributed by atoms with van der Waals surface area (Å²) in [4.78, 5) is 0.497. The van der Waals surface area contributed by atoms with Gasteiger partial charge in [0, 0.05) is 0 Å². The number of benzene rings is 1. The maximum Gasteiger partial charge on any atom is 0.107 e. The predicted octanol–water partition coefficient (Wildman–Crippen LogP) is 2.71. The van der Waals surface area contributed by atoms with Crippen molar-refractivity contribution in [3.8, 4) is 0 Å². The van der Waals surface area contributed by atoms with Crippen molar-refractivity contribution in [3.05, 3.63) is 29.8 Å². The summed E-state index contributed by atoms with van der Waals surface area (Å²) >= 11 is 0. The molecule has 1 aromatic rings. The molecule has 0 aromatic heterocycles. The lowest BCUT2D eigenvalue weighted by Gasteiger charge is -2.03. The van der Waals surface area contributed by atoms with Gasteiger partial charge < -0.3 is 4.55 Å². The van der Waals surface area contributed by atoms with E-state index in [9.17, 15) is 8.76 Å². The van der Waals surface area contributed by atoms with Gasteiger partial charge in [0.2, 0.25) is 0 Å². The summed E-state index contributed by atoms with van der Waals surface area (Å²) in [5.41, 5.74) is 1.10. The van der Waals surface area contributed by atoms with Gasteiger partial charge >= 0.3 is 0 Å². The smallest absolute Gasteiger partial charge is 0.107 e. The number of aryl methyl sites for hydroxylation is 1. The number of hydrogen-bond donors (Lipinski definition) is 1. The summed E-state index contributed by atoms with van der Waals surface area (Å²) in [7, 11) is -2.91. The molecule has 0 saturated heterocycles. The van der Waals surface area contributed by atoms with Gasteiger partial charge in [-0.15, -0.1) is 0 Å². The van der Waals surface area contributed by atoms with Crippen LogP contribution < -0.4 is 0 Å². The van der Waals surface area contributed by atoms with E-state index in [1.165, 1.54) is 5.37 Å². The zero-order valence-corrected chi connectivity index (χ0v) is 9.38. The van der Waals surface area contributed by atoms with Crippen LogP contribution in [0.2, 0.25) is 0 Å². The molecule has 0 heterocycles. The van der Waals surface area contributed by atoms with E-state index < -0.39 is 9.80 Å². The minimum Gasteiger partial charge on any atom is -0.310 e. The molecule has 0 amide bonds. The summed E-state index contributed by atoms with van der Waals surface area (Å²) in [6, 6.07) is 7.13. The van der Waals surface area contributed by atoms with Crippen LogP contribution in [0, 0.1) is 6.92 Å². The summed E-state index contributed by atoms with van der Waals surface area (Å²) in [5.74, 6) is 0. The molecule has 1 atom stereocenters. The Morgan fingerprint density at radius 2 is 1.93 bits per heavy atom. The van der Waals surface area contributed by atoms with Gasteiger partial charge in [0.25, 0.3) is 0 Å². The molecule has 2 nitrogen and oxygen atoms in total. The van der Waals surface area contributed by atoms with Crippen LogP contribution in [-0.2, 0) is 9.80 Å².